The maximum absolute atomic E-state index is 12.1. The molecule has 0 bridgehead atoms. The molecular formula is C18H16N4O3. The number of aromatic nitrogens is 2. The summed E-state index contributed by atoms with van der Waals surface area (Å²) in [7, 11) is 0. The maximum Gasteiger partial charge on any atom is 0.262 e. The van der Waals surface area contributed by atoms with Crippen molar-refractivity contribution >= 4 is 34.1 Å². The van der Waals surface area contributed by atoms with E-state index in [1.54, 1.807) is 24.3 Å². The monoisotopic (exact) mass is 336 g/mol. The van der Waals surface area contributed by atoms with Crippen molar-refractivity contribution in [2.24, 2.45) is 0 Å². The van der Waals surface area contributed by atoms with Crippen LogP contribution in [0, 0.1) is 0 Å². The molecule has 126 valence electrons. The Morgan fingerprint density at radius 3 is 2.56 bits per heavy atom. The quantitative estimate of drug-likeness (QED) is 0.747. The number of nitrogens with one attached hydrogen (secondary N) is 2. The first kappa shape index (κ1) is 16.4. The third-order valence-corrected chi connectivity index (χ3v) is 3.31. The number of amides is 2. The molecule has 0 aliphatic heterocycles. The zero-order chi connectivity index (χ0) is 17.6. The smallest absolute Gasteiger partial charge is 0.262 e. The van der Waals surface area contributed by atoms with Gasteiger partial charge in [-0.05, 0) is 30.3 Å². The zero-order valence-corrected chi connectivity index (χ0v) is 13.5. The highest BCUT2D eigenvalue weighted by Gasteiger charge is 2.08. The number of ether oxygens (including phenoxy) is 1. The van der Waals surface area contributed by atoms with E-state index in [0.717, 1.165) is 10.9 Å². The second-order valence-corrected chi connectivity index (χ2v) is 5.29. The molecule has 0 saturated carbocycles. The number of hydrogen-bond acceptors (Lipinski definition) is 5. The van der Waals surface area contributed by atoms with E-state index >= 15 is 0 Å². The molecule has 0 unspecified atom stereocenters. The van der Waals surface area contributed by atoms with Gasteiger partial charge < -0.3 is 15.4 Å². The standard InChI is InChI=1S/C18H16N4O3/c1-12(23)21-13-5-4-6-14(9-13)22-17(24)10-25-18-15-7-2-3-8-16(15)19-11-20-18/h2-9,11H,10H2,1H3,(H,21,23)(H,22,24). The molecule has 1 heterocycles. The fourth-order valence-electron chi connectivity index (χ4n) is 2.30. The molecule has 3 aromatic rings. The fourth-order valence-corrected chi connectivity index (χ4v) is 2.30. The number of benzene rings is 2. The van der Waals surface area contributed by atoms with Crippen molar-refractivity contribution in [3.63, 3.8) is 0 Å². The number of para-hydroxylation sites is 1. The molecular weight excluding hydrogens is 320 g/mol. The Morgan fingerprint density at radius 1 is 1.00 bits per heavy atom. The number of rotatable bonds is 5. The van der Waals surface area contributed by atoms with Gasteiger partial charge in [0.25, 0.3) is 5.91 Å². The lowest BCUT2D eigenvalue weighted by atomic mass is 10.2. The van der Waals surface area contributed by atoms with Gasteiger partial charge in [0, 0.05) is 18.3 Å². The van der Waals surface area contributed by atoms with Crippen LogP contribution in [0.3, 0.4) is 0 Å². The first-order valence-corrected chi connectivity index (χ1v) is 7.62. The van der Waals surface area contributed by atoms with Crippen molar-refractivity contribution in [1.29, 1.82) is 0 Å². The van der Waals surface area contributed by atoms with Gasteiger partial charge in [0.05, 0.1) is 10.9 Å². The van der Waals surface area contributed by atoms with Gasteiger partial charge in [0.2, 0.25) is 11.8 Å². The summed E-state index contributed by atoms with van der Waals surface area (Å²) in [4.78, 5) is 31.4. The van der Waals surface area contributed by atoms with Crippen LogP contribution in [0.1, 0.15) is 6.92 Å². The van der Waals surface area contributed by atoms with Crippen LogP contribution < -0.4 is 15.4 Å². The Balaban J connectivity index is 1.64. The van der Waals surface area contributed by atoms with E-state index in [4.69, 9.17) is 4.74 Å². The van der Waals surface area contributed by atoms with Gasteiger partial charge in [-0.2, -0.15) is 0 Å². The van der Waals surface area contributed by atoms with Crippen LogP contribution in [0.25, 0.3) is 10.9 Å². The summed E-state index contributed by atoms with van der Waals surface area (Å²) in [5.41, 5.74) is 1.91. The van der Waals surface area contributed by atoms with Crippen LogP contribution in [0.2, 0.25) is 0 Å². The molecule has 2 aromatic carbocycles. The lowest BCUT2D eigenvalue weighted by Crippen LogP contribution is -2.20. The SMILES string of the molecule is CC(=O)Nc1cccc(NC(=O)COc2ncnc3ccccc23)c1. The van der Waals surface area contributed by atoms with Crippen molar-refractivity contribution in [3.05, 3.63) is 54.9 Å². The average molecular weight is 336 g/mol. The minimum Gasteiger partial charge on any atom is -0.467 e. The summed E-state index contributed by atoms with van der Waals surface area (Å²) < 4.78 is 5.52. The summed E-state index contributed by atoms with van der Waals surface area (Å²) in [5.74, 6) is -0.155. The normalized spacial score (nSPS) is 10.3. The van der Waals surface area contributed by atoms with Gasteiger partial charge in [-0.25, -0.2) is 9.97 Å². The molecule has 7 nitrogen and oxygen atoms in total. The topological polar surface area (TPSA) is 93.2 Å². The number of carbonyl (C=O) groups excluding carboxylic acids is 2. The largest absolute Gasteiger partial charge is 0.467 e. The Hall–Kier alpha value is -3.48. The van der Waals surface area contributed by atoms with Gasteiger partial charge in [0.15, 0.2) is 6.61 Å². The third-order valence-electron chi connectivity index (χ3n) is 3.31. The van der Waals surface area contributed by atoms with E-state index in [-0.39, 0.29) is 18.4 Å². The van der Waals surface area contributed by atoms with Crippen molar-refractivity contribution in [1.82, 2.24) is 9.97 Å². The highest BCUT2D eigenvalue weighted by Crippen LogP contribution is 2.20. The number of fused-ring (bicyclic) bond motifs is 1. The average Bonchev–Trinajstić information content (AvgIpc) is 2.59. The van der Waals surface area contributed by atoms with E-state index in [1.165, 1.54) is 13.3 Å². The van der Waals surface area contributed by atoms with Crippen LogP contribution in [-0.4, -0.2) is 28.4 Å². The first-order chi connectivity index (χ1) is 12.1. The molecule has 1 aromatic heterocycles. The minimum absolute atomic E-state index is 0.178. The molecule has 7 heteroatoms. The van der Waals surface area contributed by atoms with Crippen molar-refractivity contribution in [3.8, 4) is 5.88 Å². The fraction of sp³-hybridized carbons (Fsp3) is 0.111. The third kappa shape index (κ3) is 4.29. The lowest BCUT2D eigenvalue weighted by molar-refractivity contribution is -0.118. The zero-order valence-electron chi connectivity index (χ0n) is 13.5. The molecule has 0 fully saturated rings. The van der Waals surface area contributed by atoms with Crippen LogP contribution >= 0.6 is 0 Å². The Kier molecular flexibility index (Phi) is 4.84. The molecule has 3 rings (SSSR count). The Morgan fingerprint density at radius 2 is 1.76 bits per heavy atom. The predicted molar refractivity (Wildman–Crippen MR) is 94.4 cm³/mol. The van der Waals surface area contributed by atoms with Crippen LogP contribution in [0.5, 0.6) is 5.88 Å². The summed E-state index contributed by atoms with van der Waals surface area (Å²) in [6.07, 6.45) is 1.40. The summed E-state index contributed by atoms with van der Waals surface area (Å²) >= 11 is 0. The van der Waals surface area contributed by atoms with Gasteiger partial charge >= 0.3 is 0 Å². The summed E-state index contributed by atoms with van der Waals surface area (Å²) in [5, 5.41) is 6.11. The lowest BCUT2D eigenvalue weighted by Gasteiger charge is -2.09. The van der Waals surface area contributed by atoms with Crippen LogP contribution in [0.15, 0.2) is 54.9 Å². The van der Waals surface area contributed by atoms with Crippen molar-refractivity contribution in [2.45, 2.75) is 6.92 Å². The molecule has 0 aliphatic carbocycles. The number of hydrogen-bond donors (Lipinski definition) is 2. The molecule has 0 aliphatic rings. The number of nitrogens with zero attached hydrogens (tertiary/aromatic N) is 2. The molecule has 0 saturated heterocycles. The minimum atomic E-state index is -0.331. The van der Waals surface area contributed by atoms with E-state index in [2.05, 4.69) is 20.6 Å². The number of anilines is 2. The molecule has 2 amide bonds. The van der Waals surface area contributed by atoms with Crippen molar-refractivity contribution in [2.75, 3.05) is 17.2 Å². The molecule has 0 atom stereocenters. The Labute approximate surface area is 144 Å². The van der Waals surface area contributed by atoms with Crippen LogP contribution in [-0.2, 0) is 9.59 Å². The van der Waals surface area contributed by atoms with Crippen molar-refractivity contribution < 1.29 is 14.3 Å². The van der Waals surface area contributed by atoms with Crippen LogP contribution in [0.4, 0.5) is 11.4 Å². The van der Waals surface area contributed by atoms with E-state index in [1.807, 2.05) is 24.3 Å². The molecule has 2 N–H and O–H groups in total. The second-order valence-electron chi connectivity index (χ2n) is 5.29. The summed E-state index contributed by atoms with van der Waals surface area (Å²) in [6, 6.07) is 14.3. The predicted octanol–water partition coefficient (Wildman–Crippen LogP) is 2.61. The van der Waals surface area contributed by atoms with E-state index in [0.29, 0.717) is 17.3 Å². The highest BCUT2D eigenvalue weighted by molar-refractivity contribution is 5.94. The number of carbonyl (C=O) groups is 2. The maximum atomic E-state index is 12.1. The van der Waals surface area contributed by atoms with Gasteiger partial charge in [0.1, 0.15) is 6.33 Å². The first-order valence-electron chi connectivity index (χ1n) is 7.62. The highest BCUT2D eigenvalue weighted by atomic mass is 16.5. The van der Waals surface area contributed by atoms with E-state index in [9.17, 15) is 9.59 Å². The second kappa shape index (κ2) is 7.39. The molecule has 0 radical (unpaired) electrons. The van der Waals surface area contributed by atoms with Gasteiger partial charge in [-0.1, -0.05) is 18.2 Å². The Bertz CT molecular complexity index is 922. The molecule has 25 heavy (non-hydrogen) atoms. The van der Waals surface area contributed by atoms with Gasteiger partial charge in [-0.15, -0.1) is 0 Å². The summed E-state index contributed by atoms with van der Waals surface area (Å²) in [6.45, 7) is 1.23. The molecule has 0 spiro atoms. The van der Waals surface area contributed by atoms with Gasteiger partial charge in [-0.3, -0.25) is 9.59 Å². The van der Waals surface area contributed by atoms with E-state index < -0.39 is 0 Å².